The van der Waals surface area contributed by atoms with Gasteiger partial charge < -0.3 is 72.3 Å². The maximum Gasteiger partial charge on any atom is 0.314 e. The maximum atomic E-state index is 10.1. The van der Waals surface area contributed by atoms with Crippen molar-refractivity contribution in [1.82, 2.24) is 0 Å². The van der Waals surface area contributed by atoms with Gasteiger partial charge in [-0.2, -0.15) is 0 Å². The molecule has 16 nitrogen and oxygen atoms in total. The first kappa shape index (κ1) is 92.0. The highest BCUT2D eigenvalue weighted by atomic mass is 28.5. The summed E-state index contributed by atoms with van der Waals surface area (Å²) in [6.07, 6.45) is 14.7. The Hall–Kier alpha value is 1.96. The van der Waals surface area contributed by atoms with E-state index in [4.69, 9.17) is 51.9 Å². The van der Waals surface area contributed by atoms with Crippen LogP contribution in [0.1, 0.15) is 89.9 Å². The highest BCUT2D eigenvalue weighted by Crippen LogP contribution is 2.31. The molecule has 0 aliphatic heterocycles. The Balaban J connectivity index is 0. The molecule has 0 atom stereocenters. The number of hydrogen-bond acceptors (Lipinski definition) is 16. The molecule has 0 spiro atoms. The topological polar surface area (TPSA) is 192 Å². The van der Waals surface area contributed by atoms with E-state index in [2.05, 4.69) is 183 Å². The number of aliphatic hydroxyl groups is 4. The summed E-state index contributed by atoms with van der Waals surface area (Å²) in [5, 5.41) is 40.2. The van der Waals surface area contributed by atoms with Crippen molar-refractivity contribution >= 4 is 101 Å². The van der Waals surface area contributed by atoms with E-state index in [1.165, 1.54) is 0 Å². The molecule has 532 valence electrons. The average molecular weight is 1460 g/mol. The SMILES string of the molecule is C[Si](C)(C)O[Si](C)(CCCCCCOCC(CO)(CO)COCCCCCC[Si](C)(O[Si](C)(C)C)O[Si](C)(C)C)O[Si](C)(C)C.C[Si](C)(C)O[Si](C)(CCCCCOCC(CO)(CO)COCCCCC[Si](C)(O[Si](C)(C)C)O[Si](C)(C)C)O[Si](C)(C)C. The Kier molecular flexibility index (Phi) is 44.0. The Bertz CT molecular complexity index is 1590. The Morgan fingerprint density at radius 1 is 0.205 bits per heavy atom. The summed E-state index contributed by atoms with van der Waals surface area (Å²) in [5.74, 6) is 0. The van der Waals surface area contributed by atoms with Gasteiger partial charge in [-0.25, -0.2) is 0 Å². The van der Waals surface area contributed by atoms with E-state index in [0.717, 1.165) is 114 Å². The van der Waals surface area contributed by atoms with Gasteiger partial charge in [0, 0.05) is 26.4 Å². The van der Waals surface area contributed by atoms with Crippen molar-refractivity contribution in [3.05, 3.63) is 0 Å². The molecular weight excluding hydrogens is 1310 g/mol. The molecular formula is C60H148O16Si12. The molecule has 0 unspecified atom stereocenters. The Morgan fingerprint density at radius 3 is 0.477 bits per heavy atom. The quantitative estimate of drug-likeness (QED) is 0.0332. The second kappa shape index (κ2) is 42.0. The molecule has 4 N–H and O–H groups in total. The zero-order valence-electron chi connectivity index (χ0n) is 62.9. The van der Waals surface area contributed by atoms with Crippen LogP contribution in [0.25, 0.3) is 0 Å². The average Bonchev–Trinajstić information content (AvgIpc) is 2.69. The lowest BCUT2D eigenvalue weighted by atomic mass is 9.92. The van der Waals surface area contributed by atoms with Crippen LogP contribution in [-0.4, -0.2) is 200 Å². The van der Waals surface area contributed by atoms with Crippen molar-refractivity contribution < 1.29 is 72.3 Å². The minimum absolute atomic E-state index is 0.154. The van der Waals surface area contributed by atoms with Gasteiger partial charge in [-0.05, 0) is 233 Å². The van der Waals surface area contributed by atoms with Crippen molar-refractivity contribution in [2.45, 2.75) is 297 Å². The van der Waals surface area contributed by atoms with Crippen LogP contribution in [0.15, 0.2) is 0 Å². The predicted molar refractivity (Wildman–Crippen MR) is 402 cm³/mol. The fourth-order valence-electron chi connectivity index (χ4n) is 11.0. The molecule has 0 saturated heterocycles. The molecule has 0 bridgehead atoms. The van der Waals surface area contributed by atoms with Gasteiger partial charge in [0.1, 0.15) is 0 Å². The summed E-state index contributed by atoms with van der Waals surface area (Å²) in [7, 11) is -22.1. The van der Waals surface area contributed by atoms with Gasteiger partial charge in [0.25, 0.3) is 0 Å². The predicted octanol–water partition coefficient (Wildman–Crippen LogP) is 16.5. The fraction of sp³-hybridized carbons (Fsp3) is 1.00. The fourth-order valence-corrected chi connectivity index (χ4v) is 61.5. The van der Waals surface area contributed by atoms with E-state index in [-0.39, 0.29) is 39.6 Å². The molecule has 88 heavy (non-hydrogen) atoms. The van der Waals surface area contributed by atoms with Crippen LogP contribution < -0.4 is 0 Å². The number of ether oxygens (including phenoxy) is 4. The van der Waals surface area contributed by atoms with Gasteiger partial charge in [-0.1, -0.05) is 64.2 Å². The van der Waals surface area contributed by atoms with E-state index >= 15 is 0 Å². The highest BCUT2D eigenvalue weighted by molar-refractivity contribution is 6.90. The number of aliphatic hydroxyl groups excluding tert-OH is 4. The second-order valence-corrected chi connectivity index (χ2v) is 85.4. The summed E-state index contributed by atoms with van der Waals surface area (Å²) >= 11 is 0. The smallest absolute Gasteiger partial charge is 0.314 e. The molecule has 0 heterocycles. The molecule has 0 amide bonds. The van der Waals surface area contributed by atoms with E-state index in [9.17, 15) is 20.4 Å². The summed E-state index contributed by atoms with van der Waals surface area (Å²) in [6.45, 7) is 65.9. The van der Waals surface area contributed by atoms with Crippen LogP contribution >= 0.6 is 0 Å². The van der Waals surface area contributed by atoms with Crippen molar-refractivity contribution in [3.63, 3.8) is 0 Å². The molecule has 0 aromatic rings. The summed E-state index contributed by atoms with van der Waals surface area (Å²) in [6, 6.07) is 4.09. The van der Waals surface area contributed by atoms with E-state index in [0.29, 0.717) is 39.6 Å². The molecule has 0 rings (SSSR count). The normalized spacial score (nSPS) is 14.5. The lowest BCUT2D eigenvalue weighted by Crippen LogP contribution is -2.52. The van der Waals surface area contributed by atoms with Gasteiger partial charge >= 0.3 is 34.2 Å². The number of hydrogen-bond donors (Lipinski definition) is 4. The van der Waals surface area contributed by atoms with Crippen LogP contribution in [-0.2, 0) is 51.9 Å². The highest BCUT2D eigenvalue weighted by Gasteiger charge is 2.44. The minimum Gasteiger partial charge on any atom is -0.437 e. The molecule has 0 radical (unpaired) electrons. The van der Waals surface area contributed by atoms with Gasteiger partial charge in [-0.15, -0.1) is 0 Å². The maximum absolute atomic E-state index is 10.1. The third kappa shape index (κ3) is 53.1. The second-order valence-electron chi connectivity index (χ2n) is 34.0. The third-order valence-electron chi connectivity index (χ3n) is 13.3. The van der Waals surface area contributed by atoms with Gasteiger partial charge in [0.2, 0.25) is 0 Å². The zero-order chi connectivity index (χ0) is 68.7. The van der Waals surface area contributed by atoms with Crippen LogP contribution in [0.2, 0.25) is 207 Å². The van der Waals surface area contributed by atoms with Crippen LogP contribution in [0.4, 0.5) is 0 Å². The molecule has 0 fully saturated rings. The lowest BCUT2D eigenvalue weighted by Gasteiger charge is -2.38. The van der Waals surface area contributed by atoms with Crippen LogP contribution in [0.3, 0.4) is 0 Å². The van der Waals surface area contributed by atoms with Crippen LogP contribution in [0.5, 0.6) is 0 Å². The Labute approximate surface area is 556 Å². The largest absolute Gasteiger partial charge is 0.437 e. The zero-order valence-corrected chi connectivity index (χ0v) is 74.9. The summed E-state index contributed by atoms with van der Waals surface area (Å²) < 4.78 is 76.6. The minimum atomic E-state index is -2.19. The summed E-state index contributed by atoms with van der Waals surface area (Å²) in [4.78, 5) is 0. The van der Waals surface area contributed by atoms with Gasteiger partial charge in [0.05, 0.1) is 63.7 Å². The van der Waals surface area contributed by atoms with Crippen molar-refractivity contribution in [1.29, 1.82) is 0 Å². The van der Waals surface area contributed by atoms with E-state index in [1.54, 1.807) is 0 Å². The standard InChI is InChI=1S/C31H76O8Si6.C29H72O8Si6/c1-40(2,3)36-44(13,37-41(4,5)6)25-21-17-15-19-23-34-29-31(27-32,28-33)30-35-24-20-16-18-22-26-45(14,38-42(7,8)9)39-43(10,11)12;1-38(2,3)34-42(13,35-39(4,5)6)23-19-15-17-21-32-27-29(25-30,26-31)28-33-22-18-16-20-24-43(14,36-40(7,8)9)37-41(10,11)12/h32-33H,15-30H2,1-14H3;30-31H,15-28H2,1-14H3. The van der Waals surface area contributed by atoms with Gasteiger partial charge in [-0.3, -0.25) is 0 Å². The van der Waals surface area contributed by atoms with Crippen molar-refractivity contribution in [3.8, 4) is 0 Å². The number of unbranched alkanes of at least 4 members (excludes halogenated alkanes) is 10. The first-order valence-corrected chi connectivity index (χ1v) is 71.4. The Morgan fingerprint density at radius 2 is 0.341 bits per heavy atom. The first-order chi connectivity index (χ1) is 39.7. The molecule has 0 aromatic carbocycles. The van der Waals surface area contributed by atoms with Crippen LogP contribution in [0, 0.1) is 10.8 Å². The molecule has 0 aliphatic rings. The molecule has 28 heteroatoms. The van der Waals surface area contributed by atoms with Crippen molar-refractivity contribution in [2.75, 3.05) is 79.3 Å². The third-order valence-corrected chi connectivity index (χ3v) is 51.8. The molecule has 0 aliphatic carbocycles. The number of rotatable bonds is 54. The van der Waals surface area contributed by atoms with E-state index in [1.807, 2.05) is 0 Å². The van der Waals surface area contributed by atoms with E-state index < -0.39 is 112 Å². The monoisotopic (exact) mass is 1460 g/mol. The lowest BCUT2D eigenvalue weighted by molar-refractivity contribution is -0.0778. The molecule has 0 saturated carbocycles. The van der Waals surface area contributed by atoms with Crippen molar-refractivity contribution in [2.24, 2.45) is 10.8 Å². The summed E-state index contributed by atoms with van der Waals surface area (Å²) in [5.41, 5.74) is -1.53. The first-order valence-electron chi connectivity index (χ1n) is 34.1. The molecule has 0 aromatic heterocycles. The van der Waals surface area contributed by atoms with Gasteiger partial charge in [0.15, 0.2) is 66.5 Å².